The third-order valence-electron chi connectivity index (χ3n) is 4.68. The van der Waals surface area contributed by atoms with Crippen molar-refractivity contribution in [2.45, 2.75) is 6.54 Å². The van der Waals surface area contributed by atoms with Gasteiger partial charge in [0.2, 0.25) is 0 Å². The Labute approximate surface area is 184 Å². The van der Waals surface area contributed by atoms with Crippen LogP contribution in [-0.4, -0.2) is 15.7 Å². The highest BCUT2D eigenvalue weighted by Crippen LogP contribution is 2.32. The van der Waals surface area contributed by atoms with Crippen LogP contribution in [0.25, 0.3) is 11.1 Å². The molecule has 0 spiro atoms. The maximum absolute atomic E-state index is 13.0. The molecule has 150 valence electrons. The molecule has 0 fully saturated rings. The molecule has 4 rings (SSSR count). The third kappa shape index (κ3) is 4.32. The van der Waals surface area contributed by atoms with Crippen molar-refractivity contribution < 1.29 is 4.79 Å². The predicted molar refractivity (Wildman–Crippen MR) is 122 cm³/mol. The van der Waals surface area contributed by atoms with Gasteiger partial charge in [-0.2, -0.15) is 5.10 Å². The highest BCUT2D eigenvalue weighted by molar-refractivity contribution is 6.39. The number of carbonyl (C=O) groups is 1. The molecule has 4 aromatic rings. The lowest BCUT2D eigenvalue weighted by atomic mass is 9.98. The fraction of sp³-hybridized carbons (Fsp3) is 0.0435. The van der Waals surface area contributed by atoms with Gasteiger partial charge < -0.3 is 11.1 Å². The monoisotopic (exact) mass is 436 g/mol. The highest BCUT2D eigenvalue weighted by Gasteiger charge is 2.14. The van der Waals surface area contributed by atoms with Crippen LogP contribution in [0.1, 0.15) is 15.9 Å². The molecular weight excluding hydrogens is 419 g/mol. The Balaban J connectivity index is 1.58. The first-order valence-electron chi connectivity index (χ1n) is 9.23. The molecule has 0 atom stereocenters. The number of carbonyl (C=O) groups excluding carboxylic acids is 1. The number of nitrogens with two attached hydrogens (primary N) is 1. The number of aromatic nitrogens is 2. The van der Waals surface area contributed by atoms with Crippen molar-refractivity contribution in [3.05, 3.63) is 100 Å². The van der Waals surface area contributed by atoms with Crippen LogP contribution in [0.5, 0.6) is 0 Å². The maximum Gasteiger partial charge on any atom is 0.256 e. The summed E-state index contributed by atoms with van der Waals surface area (Å²) in [5, 5.41) is 7.65. The zero-order valence-electron chi connectivity index (χ0n) is 15.8. The van der Waals surface area contributed by atoms with Gasteiger partial charge in [0.1, 0.15) is 0 Å². The molecule has 1 heterocycles. The second kappa shape index (κ2) is 8.61. The Morgan fingerprint density at radius 1 is 1.00 bits per heavy atom. The number of amides is 1. The molecule has 3 N–H and O–H groups in total. The molecule has 0 aliphatic heterocycles. The number of nitrogen functional groups attached to an aromatic ring is 1. The summed E-state index contributed by atoms with van der Waals surface area (Å²) in [5.41, 5.74) is 9.96. The minimum atomic E-state index is -0.261. The number of anilines is 2. The van der Waals surface area contributed by atoms with Gasteiger partial charge in [0, 0.05) is 23.6 Å². The fourth-order valence-electron chi connectivity index (χ4n) is 3.16. The minimum absolute atomic E-state index is 0.261. The largest absolute Gasteiger partial charge is 0.396 e. The molecule has 0 aliphatic carbocycles. The summed E-state index contributed by atoms with van der Waals surface area (Å²) < 4.78 is 1.86. The summed E-state index contributed by atoms with van der Waals surface area (Å²) in [4.78, 5) is 13.0. The molecule has 7 heteroatoms. The number of benzene rings is 3. The van der Waals surface area contributed by atoms with Crippen molar-refractivity contribution in [1.29, 1.82) is 0 Å². The van der Waals surface area contributed by atoms with Crippen LogP contribution in [0.15, 0.2) is 79.1 Å². The van der Waals surface area contributed by atoms with Crippen LogP contribution in [0.3, 0.4) is 0 Å². The number of hydrogen-bond acceptors (Lipinski definition) is 3. The minimum Gasteiger partial charge on any atom is -0.396 e. The molecule has 30 heavy (non-hydrogen) atoms. The van der Waals surface area contributed by atoms with Gasteiger partial charge in [-0.05, 0) is 41.0 Å². The van der Waals surface area contributed by atoms with Crippen molar-refractivity contribution in [2.24, 2.45) is 0 Å². The lowest BCUT2D eigenvalue weighted by molar-refractivity contribution is 0.102. The van der Waals surface area contributed by atoms with E-state index in [2.05, 4.69) is 10.4 Å². The zero-order valence-corrected chi connectivity index (χ0v) is 17.4. The van der Waals surface area contributed by atoms with Gasteiger partial charge in [0.15, 0.2) is 0 Å². The molecule has 0 aliphatic rings. The number of rotatable bonds is 5. The Kier molecular flexibility index (Phi) is 5.74. The molecule has 1 amide bonds. The number of hydrogen-bond donors (Lipinski definition) is 2. The van der Waals surface area contributed by atoms with E-state index in [9.17, 15) is 4.79 Å². The van der Waals surface area contributed by atoms with Gasteiger partial charge in [-0.3, -0.25) is 9.48 Å². The van der Waals surface area contributed by atoms with Gasteiger partial charge in [-0.25, -0.2) is 0 Å². The van der Waals surface area contributed by atoms with Crippen LogP contribution in [0.2, 0.25) is 10.0 Å². The molecule has 0 bridgehead atoms. The second-order valence-corrected chi connectivity index (χ2v) is 7.57. The average Bonchev–Trinajstić information content (AvgIpc) is 3.25. The molecule has 5 nitrogen and oxygen atoms in total. The summed E-state index contributed by atoms with van der Waals surface area (Å²) in [6, 6.07) is 20.5. The molecule has 0 saturated carbocycles. The lowest BCUT2D eigenvalue weighted by Gasteiger charge is -2.12. The highest BCUT2D eigenvalue weighted by atomic mass is 35.5. The first-order valence-corrected chi connectivity index (χ1v) is 9.98. The standard InChI is InChI=1S/C23H18Cl2N4O/c24-20-12-17(13-21(25)22(20)26)28-23(30)19-5-2-1-4-18(19)16-8-6-15(7-9-16)14-29-11-3-10-27-29/h1-13H,14,26H2,(H,28,30). The molecule has 0 radical (unpaired) electrons. The van der Waals surface area contributed by atoms with E-state index in [0.717, 1.165) is 16.7 Å². The van der Waals surface area contributed by atoms with Crippen molar-refractivity contribution in [3.63, 3.8) is 0 Å². The molecular formula is C23H18Cl2N4O. The van der Waals surface area contributed by atoms with Gasteiger partial charge >= 0.3 is 0 Å². The summed E-state index contributed by atoms with van der Waals surface area (Å²) in [7, 11) is 0. The maximum atomic E-state index is 13.0. The van der Waals surface area contributed by atoms with Crippen molar-refractivity contribution in [1.82, 2.24) is 9.78 Å². The number of nitrogens with one attached hydrogen (secondary N) is 1. The van der Waals surface area contributed by atoms with Gasteiger partial charge in [0.25, 0.3) is 5.91 Å². The summed E-state index contributed by atoms with van der Waals surface area (Å²) in [5.74, 6) is -0.261. The van der Waals surface area contributed by atoms with E-state index in [1.54, 1.807) is 24.4 Å². The van der Waals surface area contributed by atoms with E-state index in [-0.39, 0.29) is 11.6 Å². The lowest BCUT2D eigenvalue weighted by Crippen LogP contribution is -2.13. The van der Waals surface area contributed by atoms with E-state index < -0.39 is 0 Å². The fourth-order valence-corrected chi connectivity index (χ4v) is 3.65. The van der Waals surface area contributed by atoms with Crippen LogP contribution in [0.4, 0.5) is 11.4 Å². The van der Waals surface area contributed by atoms with E-state index in [1.165, 1.54) is 0 Å². The van der Waals surface area contributed by atoms with Crippen LogP contribution in [0, 0.1) is 0 Å². The summed E-state index contributed by atoms with van der Waals surface area (Å²) >= 11 is 12.1. The van der Waals surface area contributed by atoms with Crippen LogP contribution >= 0.6 is 23.2 Å². The van der Waals surface area contributed by atoms with Gasteiger partial charge in [-0.1, -0.05) is 65.7 Å². The van der Waals surface area contributed by atoms with E-state index in [4.69, 9.17) is 28.9 Å². The van der Waals surface area contributed by atoms with E-state index >= 15 is 0 Å². The Morgan fingerprint density at radius 2 is 1.70 bits per heavy atom. The normalized spacial score (nSPS) is 10.7. The first-order chi connectivity index (χ1) is 14.5. The summed E-state index contributed by atoms with van der Waals surface area (Å²) in [6.45, 7) is 0.689. The first kappa shape index (κ1) is 20.0. The molecule has 0 saturated heterocycles. The zero-order chi connectivity index (χ0) is 21.1. The SMILES string of the molecule is Nc1c(Cl)cc(NC(=O)c2ccccc2-c2ccc(Cn3cccn3)cc2)cc1Cl. The molecule has 3 aromatic carbocycles. The van der Waals surface area contributed by atoms with Crippen LogP contribution < -0.4 is 11.1 Å². The Bertz CT molecular complexity index is 1170. The smallest absolute Gasteiger partial charge is 0.256 e. The predicted octanol–water partition coefficient (Wildman–Crippen LogP) is 5.74. The van der Waals surface area contributed by atoms with E-state index in [0.29, 0.717) is 27.8 Å². The van der Waals surface area contributed by atoms with Gasteiger partial charge in [-0.15, -0.1) is 0 Å². The molecule has 1 aromatic heterocycles. The summed E-state index contributed by atoms with van der Waals surface area (Å²) in [6.07, 6.45) is 3.67. The number of halogens is 2. The van der Waals surface area contributed by atoms with Crippen molar-refractivity contribution in [3.8, 4) is 11.1 Å². The number of nitrogens with zero attached hydrogens (tertiary/aromatic N) is 2. The van der Waals surface area contributed by atoms with Crippen molar-refractivity contribution in [2.75, 3.05) is 11.1 Å². The van der Waals surface area contributed by atoms with Crippen LogP contribution in [-0.2, 0) is 6.54 Å². The second-order valence-electron chi connectivity index (χ2n) is 6.75. The van der Waals surface area contributed by atoms with E-state index in [1.807, 2.05) is 59.4 Å². The average molecular weight is 437 g/mol. The van der Waals surface area contributed by atoms with Crippen molar-refractivity contribution >= 4 is 40.5 Å². The Hall–Kier alpha value is -3.28. The Morgan fingerprint density at radius 3 is 2.37 bits per heavy atom. The van der Waals surface area contributed by atoms with Gasteiger partial charge in [0.05, 0.1) is 22.3 Å². The molecule has 0 unspecified atom stereocenters. The topological polar surface area (TPSA) is 72.9 Å². The quantitative estimate of drug-likeness (QED) is 0.391. The third-order valence-corrected chi connectivity index (χ3v) is 5.30.